The van der Waals surface area contributed by atoms with E-state index in [0.717, 1.165) is 5.56 Å². The Morgan fingerprint density at radius 3 is 2.58 bits per heavy atom. The van der Waals surface area contributed by atoms with E-state index in [1.54, 1.807) is 12.1 Å². The zero-order valence-electron chi connectivity index (χ0n) is 15.7. The number of nitrogens with one attached hydrogen (secondary N) is 2. The molecule has 4 rings (SSSR count). The van der Waals surface area contributed by atoms with Crippen LogP contribution in [0.2, 0.25) is 0 Å². The van der Waals surface area contributed by atoms with Gasteiger partial charge >= 0.3 is 0 Å². The summed E-state index contributed by atoms with van der Waals surface area (Å²) >= 11 is 0. The number of ether oxygens (including phenoxy) is 1. The molecule has 0 saturated carbocycles. The average Bonchev–Trinajstić information content (AvgIpc) is 3.27. The van der Waals surface area contributed by atoms with Crippen LogP contribution in [0.25, 0.3) is 11.2 Å². The molecule has 12 nitrogen and oxygen atoms in total. The smallest absolute Gasteiger partial charge is 0.274 e. The molecule has 0 bridgehead atoms. The molecule has 0 radical (unpaired) electrons. The maximum Gasteiger partial charge on any atom is 0.274 e. The van der Waals surface area contributed by atoms with Gasteiger partial charge in [0.2, 0.25) is 12.0 Å². The van der Waals surface area contributed by atoms with Gasteiger partial charge in [0.25, 0.3) is 16.0 Å². The second kappa shape index (κ2) is 8.07. The number of hydrogen-bond acceptors (Lipinski definition) is 9. The van der Waals surface area contributed by atoms with Gasteiger partial charge in [-0.05, 0) is 17.7 Å². The van der Waals surface area contributed by atoms with Crippen molar-refractivity contribution in [2.24, 2.45) is 5.14 Å². The quantitative estimate of drug-likeness (QED) is 0.399. The predicted octanol–water partition coefficient (Wildman–Crippen LogP) is -0.594. The van der Waals surface area contributed by atoms with Gasteiger partial charge in [0.05, 0.1) is 6.33 Å². The maximum atomic E-state index is 13.0. The van der Waals surface area contributed by atoms with Crippen molar-refractivity contribution in [3.63, 3.8) is 0 Å². The fourth-order valence-electron chi connectivity index (χ4n) is 3.03. The molecule has 162 valence electrons. The highest BCUT2D eigenvalue weighted by Gasteiger charge is 2.44. The molecule has 1 saturated heterocycles. The molecular weight excluding hydrogens is 433 g/mol. The van der Waals surface area contributed by atoms with Gasteiger partial charge in [-0.25, -0.2) is 24.5 Å². The van der Waals surface area contributed by atoms with Gasteiger partial charge in [-0.2, -0.15) is 13.1 Å². The van der Waals surface area contributed by atoms with Crippen molar-refractivity contribution < 1.29 is 27.1 Å². The number of Topliss-reactive ketones (excluding diaryl/α,β-unsaturated/α-hetero) is 2. The van der Waals surface area contributed by atoms with Crippen molar-refractivity contribution >= 4 is 38.8 Å². The summed E-state index contributed by atoms with van der Waals surface area (Å²) in [7, 11) is -4.06. The number of nitrogens with zero attached hydrogens (tertiary/aromatic N) is 4. The van der Waals surface area contributed by atoms with Crippen LogP contribution in [0.4, 0.5) is 10.2 Å². The lowest BCUT2D eigenvalue weighted by Gasteiger charge is -2.13. The van der Waals surface area contributed by atoms with Crippen LogP contribution in [-0.2, 0) is 31.1 Å². The molecule has 1 unspecified atom stereocenters. The second-order valence-electron chi connectivity index (χ2n) is 6.63. The predicted molar refractivity (Wildman–Crippen MR) is 104 cm³/mol. The van der Waals surface area contributed by atoms with Gasteiger partial charge in [-0.1, -0.05) is 12.1 Å². The molecule has 4 N–H and O–H groups in total. The largest absolute Gasteiger partial charge is 0.364 e. The Labute approximate surface area is 174 Å². The van der Waals surface area contributed by atoms with E-state index in [-0.39, 0.29) is 11.5 Å². The summed E-state index contributed by atoms with van der Waals surface area (Å²) in [4.78, 5) is 37.0. The van der Waals surface area contributed by atoms with E-state index in [1.807, 2.05) is 4.72 Å². The van der Waals surface area contributed by atoms with E-state index >= 15 is 0 Å². The van der Waals surface area contributed by atoms with Crippen molar-refractivity contribution in [3.8, 4) is 0 Å². The van der Waals surface area contributed by atoms with Crippen LogP contribution >= 0.6 is 0 Å². The molecule has 2 aromatic heterocycles. The van der Waals surface area contributed by atoms with Gasteiger partial charge in [0.1, 0.15) is 18.2 Å². The van der Waals surface area contributed by atoms with Crippen LogP contribution in [0.15, 0.2) is 36.9 Å². The third-order valence-corrected chi connectivity index (χ3v) is 5.08. The lowest BCUT2D eigenvalue weighted by molar-refractivity contribution is -0.136. The molecule has 0 amide bonds. The average molecular weight is 449 g/mol. The minimum absolute atomic E-state index is 0.225. The number of benzene rings is 1. The summed E-state index contributed by atoms with van der Waals surface area (Å²) in [5.74, 6) is -1.76. The molecule has 2 atom stereocenters. The summed E-state index contributed by atoms with van der Waals surface area (Å²) in [5, 5.41) is 7.90. The van der Waals surface area contributed by atoms with Gasteiger partial charge in [0, 0.05) is 13.1 Å². The number of carbonyl (C=O) groups is 2. The van der Waals surface area contributed by atoms with E-state index < -0.39 is 40.7 Å². The van der Waals surface area contributed by atoms with Crippen LogP contribution < -0.4 is 15.2 Å². The normalized spacial score (nSPS) is 19.3. The van der Waals surface area contributed by atoms with Crippen molar-refractivity contribution in [2.45, 2.75) is 18.9 Å². The van der Waals surface area contributed by atoms with Gasteiger partial charge < -0.3 is 10.1 Å². The Morgan fingerprint density at radius 2 is 1.87 bits per heavy atom. The summed E-state index contributed by atoms with van der Waals surface area (Å²) in [6, 6.07) is 5.91. The summed E-state index contributed by atoms with van der Waals surface area (Å²) < 4.78 is 43.7. The Kier molecular flexibility index (Phi) is 5.45. The van der Waals surface area contributed by atoms with Crippen LogP contribution in [0.3, 0.4) is 0 Å². The molecular formula is C17H16FN7O5S. The molecule has 1 aromatic carbocycles. The number of anilines is 1. The number of ketones is 2. The molecule has 0 spiro atoms. The standard InChI is InChI=1S/C17H16FN7O5S/c18-10-3-1-9(2-4-10)5-20-15-12-16(22-7-21-15)25(8-23-12)17-14(27)13(26)11(30-17)6-24-31(19,28)29/h1-4,7-8,11,17,24H,5-6H2,(H2,19,28,29)(H,20,21,22)/t11-,17?/m1/s1. The third-order valence-electron chi connectivity index (χ3n) is 4.51. The number of nitrogens with two attached hydrogens (primary N) is 1. The second-order valence-corrected chi connectivity index (χ2v) is 8.00. The first-order chi connectivity index (χ1) is 14.7. The number of hydrogen-bond donors (Lipinski definition) is 3. The fraction of sp³-hybridized carbons (Fsp3) is 0.235. The van der Waals surface area contributed by atoms with Gasteiger partial charge in [-0.15, -0.1) is 0 Å². The summed E-state index contributed by atoms with van der Waals surface area (Å²) in [5.41, 5.74) is 1.35. The van der Waals surface area contributed by atoms with E-state index in [1.165, 1.54) is 29.4 Å². The number of fused-ring (bicyclic) bond motifs is 1. The molecule has 0 aliphatic carbocycles. The van der Waals surface area contributed by atoms with Crippen molar-refractivity contribution in [3.05, 3.63) is 48.3 Å². The van der Waals surface area contributed by atoms with Crippen LogP contribution in [-0.4, -0.2) is 52.2 Å². The molecule has 1 aliphatic heterocycles. The number of imidazole rings is 1. The number of halogens is 1. The zero-order chi connectivity index (χ0) is 22.2. The minimum Gasteiger partial charge on any atom is -0.364 e. The van der Waals surface area contributed by atoms with Crippen molar-refractivity contribution in [1.82, 2.24) is 24.2 Å². The first-order valence-electron chi connectivity index (χ1n) is 8.89. The van der Waals surface area contributed by atoms with Crippen LogP contribution in [0.5, 0.6) is 0 Å². The SMILES string of the molecule is NS(=O)(=O)NC[C@H]1OC(n2cnc3c(NCc4ccc(F)cc4)ncnc32)C(=O)C1=O. The number of carbonyl (C=O) groups excluding carboxylic acids is 2. The topological polar surface area (TPSA) is 171 Å². The highest BCUT2D eigenvalue weighted by Crippen LogP contribution is 2.27. The third kappa shape index (κ3) is 4.41. The minimum atomic E-state index is -4.06. The summed E-state index contributed by atoms with van der Waals surface area (Å²) in [6.45, 7) is -0.149. The van der Waals surface area contributed by atoms with Gasteiger partial charge in [-0.3, -0.25) is 14.2 Å². The molecule has 31 heavy (non-hydrogen) atoms. The lowest BCUT2D eigenvalue weighted by Crippen LogP contribution is -2.39. The Balaban J connectivity index is 1.55. The van der Waals surface area contributed by atoms with E-state index in [9.17, 15) is 22.4 Å². The Morgan fingerprint density at radius 1 is 1.13 bits per heavy atom. The van der Waals surface area contributed by atoms with Crippen LogP contribution in [0.1, 0.15) is 11.8 Å². The molecule has 14 heteroatoms. The number of rotatable bonds is 7. The molecule has 1 fully saturated rings. The fourth-order valence-corrected chi connectivity index (χ4v) is 3.41. The molecule has 1 aliphatic rings. The number of aromatic nitrogens is 4. The Hall–Kier alpha value is -3.33. The highest BCUT2D eigenvalue weighted by atomic mass is 32.2. The molecule has 3 heterocycles. The highest BCUT2D eigenvalue weighted by molar-refractivity contribution is 7.87. The van der Waals surface area contributed by atoms with Crippen molar-refractivity contribution in [1.29, 1.82) is 0 Å². The van der Waals surface area contributed by atoms with Crippen LogP contribution in [0, 0.1) is 5.82 Å². The van der Waals surface area contributed by atoms with E-state index in [0.29, 0.717) is 17.9 Å². The van der Waals surface area contributed by atoms with Gasteiger partial charge in [0.15, 0.2) is 17.0 Å². The molecule has 3 aromatic rings. The van der Waals surface area contributed by atoms with Crippen molar-refractivity contribution in [2.75, 3.05) is 11.9 Å². The first kappa shape index (κ1) is 20.9. The Bertz CT molecular complexity index is 1260. The van der Waals surface area contributed by atoms with E-state index in [2.05, 4.69) is 20.3 Å². The maximum absolute atomic E-state index is 13.0. The first-order valence-corrected chi connectivity index (χ1v) is 10.4. The van der Waals surface area contributed by atoms with E-state index in [4.69, 9.17) is 9.88 Å². The monoisotopic (exact) mass is 449 g/mol. The summed E-state index contributed by atoms with van der Waals surface area (Å²) in [6.07, 6.45) is -0.168. The lowest BCUT2D eigenvalue weighted by atomic mass is 10.2. The zero-order valence-corrected chi connectivity index (χ0v) is 16.5.